The van der Waals surface area contributed by atoms with Crippen LogP contribution in [-0.4, -0.2) is 22.5 Å². The Bertz CT molecular complexity index is 415. The first-order valence-corrected chi connectivity index (χ1v) is 5.49. The minimum absolute atomic E-state index is 0.0703. The summed E-state index contributed by atoms with van der Waals surface area (Å²) >= 11 is 3.13. The molecule has 0 radical (unpaired) electrons. The number of hydrogen-bond donors (Lipinski definition) is 2. The van der Waals surface area contributed by atoms with E-state index in [2.05, 4.69) is 21.2 Å². The summed E-state index contributed by atoms with van der Waals surface area (Å²) in [6, 6.07) is 1.57. The van der Waals surface area contributed by atoms with Crippen LogP contribution in [0, 0.1) is 0 Å². The van der Waals surface area contributed by atoms with Gasteiger partial charge in [0.15, 0.2) is 0 Å². The minimum Gasteiger partial charge on any atom is -0.480 e. The van der Waals surface area contributed by atoms with Crippen molar-refractivity contribution in [3.05, 3.63) is 22.6 Å². The van der Waals surface area contributed by atoms with E-state index in [9.17, 15) is 9.59 Å². The van der Waals surface area contributed by atoms with Crippen molar-refractivity contribution >= 4 is 27.8 Å². The molecule has 16 heavy (non-hydrogen) atoms. The van der Waals surface area contributed by atoms with E-state index >= 15 is 0 Å². The van der Waals surface area contributed by atoms with Crippen LogP contribution in [0.4, 0.5) is 0 Å². The maximum atomic E-state index is 11.7. The lowest BCUT2D eigenvalue weighted by Gasteiger charge is -2.23. The third-order valence-electron chi connectivity index (χ3n) is 2.39. The fourth-order valence-corrected chi connectivity index (χ4v) is 1.44. The highest BCUT2D eigenvalue weighted by Crippen LogP contribution is 2.19. The molecule has 0 saturated heterocycles. The molecule has 2 N–H and O–H groups in total. The van der Waals surface area contributed by atoms with Crippen LogP contribution in [0.25, 0.3) is 0 Å². The fourth-order valence-electron chi connectivity index (χ4n) is 1.06. The summed E-state index contributed by atoms with van der Waals surface area (Å²) in [7, 11) is 0. The van der Waals surface area contributed by atoms with Crippen LogP contribution in [0.2, 0.25) is 0 Å². The number of halogens is 1. The Balaban J connectivity index is 2.86. The van der Waals surface area contributed by atoms with Crippen LogP contribution in [0.3, 0.4) is 0 Å². The van der Waals surface area contributed by atoms with E-state index in [-0.39, 0.29) is 12.2 Å². The van der Waals surface area contributed by atoms with Crippen LogP contribution >= 0.6 is 15.9 Å². The number of carboxylic acid groups (broad SMARTS) is 1. The lowest BCUT2D eigenvalue weighted by molar-refractivity contribution is -0.143. The van der Waals surface area contributed by atoms with Crippen molar-refractivity contribution in [1.29, 1.82) is 0 Å². The second-order valence-corrected chi connectivity index (χ2v) is 4.40. The van der Waals surface area contributed by atoms with Crippen molar-refractivity contribution in [2.24, 2.45) is 0 Å². The number of rotatable bonds is 4. The van der Waals surface area contributed by atoms with Crippen LogP contribution in [0.1, 0.15) is 30.8 Å². The number of aliphatic carboxylic acids is 1. The van der Waals surface area contributed by atoms with Gasteiger partial charge in [0.1, 0.15) is 5.54 Å². The van der Waals surface area contributed by atoms with Gasteiger partial charge in [-0.15, -0.1) is 0 Å². The summed E-state index contributed by atoms with van der Waals surface area (Å²) in [5.74, 6) is -1.56. The largest absolute Gasteiger partial charge is 0.480 e. The van der Waals surface area contributed by atoms with Crippen molar-refractivity contribution < 1.29 is 19.1 Å². The minimum atomic E-state index is -1.29. The van der Waals surface area contributed by atoms with Crippen molar-refractivity contribution in [3.8, 4) is 0 Å². The number of furan rings is 1. The van der Waals surface area contributed by atoms with Gasteiger partial charge in [0.05, 0.1) is 10.7 Å². The quantitative estimate of drug-likeness (QED) is 0.889. The molecule has 1 heterocycles. The van der Waals surface area contributed by atoms with Crippen molar-refractivity contribution in [1.82, 2.24) is 5.32 Å². The van der Waals surface area contributed by atoms with E-state index in [0.717, 1.165) is 0 Å². The second-order valence-electron chi connectivity index (χ2n) is 3.54. The number of amides is 1. The van der Waals surface area contributed by atoms with Gasteiger partial charge in [-0.05, 0) is 35.3 Å². The molecule has 0 aliphatic carbocycles. The SMILES string of the molecule is CCC(C)(NC(=O)c1occc1Br)C(=O)O. The van der Waals surface area contributed by atoms with Crippen LogP contribution < -0.4 is 5.32 Å². The molecule has 1 aromatic heterocycles. The normalized spacial score (nSPS) is 14.2. The van der Waals surface area contributed by atoms with Crippen LogP contribution in [0.5, 0.6) is 0 Å². The molecule has 0 spiro atoms. The molecule has 1 rings (SSSR count). The third kappa shape index (κ3) is 2.44. The molecule has 1 atom stereocenters. The van der Waals surface area contributed by atoms with Gasteiger partial charge in [-0.1, -0.05) is 6.92 Å². The number of nitrogens with one attached hydrogen (secondary N) is 1. The standard InChI is InChI=1S/C10H12BrNO4/c1-3-10(2,9(14)15)12-8(13)7-6(11)4-5-16-7/h4-5H,3H2,1-2H3,(H,12,13)(H,14,15). The molecule has 0 aliphatic rings. The molecule has 0 saturated carbocycles. The molecule has 88 valence electrons. The maximum Gasteiger partial charge on any atom is 0.329 e. The third-order valence-corrected chi connectivity index (χ3v) is 3.02. The zero-order chi connectivity index (χ0) is 12.3. The van der Waals surface area contributed by atoms with E-state index in [1.54, 1.807) is 13.0 Å². The Hall–Kier alpha value is -1.30. The fraction of sp³-hybridized carbons (Fsp3) is 0.400. The summed E-state index contributed by atoms with van der Waals surface area (Å²) in [4.78, 5) is 22.7. The van der Waals surface area contributed by atoms with Gasteiger partial charge in [-0.25, -0.2) is 4.79 Å². The first-order valence-electron chi connectivity index (χ1n) is 4.69. The average molecular weight is 290 g/mol. The first-order chi connectivity index (χ1) is 7.40. The highest BCUT2D eigenvalue weighted by Gasteiger charge is 2.34. The molecular formula is C10H12BrNO4. The van der Waals surface area contributed by atoms with Gasteiger partial charge in [-0.3, -0.25) is 4.79 Å². The van der Waals surface area contributed by atoms with Crippen LogP contribution in [-0.2, 0) is 4.79 Å². The van der Waals surface area contributed by atoms with Gasteiger partial charge in [-0.2, -0.15) is 0 Å². The molecule has 6 heteroatoms. The predicted octanol–water partition coefficient (Wildman–Crippen LogP) is 2.03. The Labute approximate surface area is 101 Å². The molecule has 0 fully saturated rings. The second kappa shape index (κ2) is 4.69. The topological polar surface area (TPSA) is 79.5 Å². The smallest absolute Gasteiger partial charge is 0.329 e. The summed E-state index contributed by atoms with van der Waals surface area (Å²) < 4.78 is 5.44. The van der Waals surface area contributed by atoms with Gasteiger partial charge in [0.25, 0.3) is 5.91 Å². The molecule has 1 aromatic rings. The predicted molar refractivity (Wildman–Crippen MR) is 60.2 cm³/mol. The van der Waals surface area contributed by atoms with Gasteiger partial charge < -0.3 is 14.8 Å². The molecule has 0 aliphatic heterocycles. The van der Waals surface area contributed by atoms with Crippen molar-refractivity contribution in [2.45, 2.75) is 25.8 Å². The number of hydrogen-bond acceptors (Lipinski definition) is 3. The maximum absolute atomic E-state index is 11.7. The van der Waals surface area contributed by atoms with E-state index in [0.29, 0.717) is 4.47 Å². The Morgan fingerprint density at radius 3 is 2.62 bits per heavy atom. The van der Waals surface area contributed by atoms with Crippen molar-refractivity contribution in [2.75, 3.05) is 0 Å². The summed E-state index contributed by atoms with van der Waals surface area (Å²) in [5.41, 5.74) is -1.29. The molecular weight excluding hydrogens is 278 g/mol. The number of carbonyl (C=O) groups excluding carboxylic acids is 1. The Morgan fingerprint density at radius 2 is 2.25 bits per heavy atom. The van der Waals surface area contributed by atoms with Gasteiger partial charge in [0, 0.05) is 0 Å². The molecule has 0 aromatic carbocycles. The molecule has 1 amide bonds. The Kier molecular flexibility index (Phi) is 3.74. The first kappa shape index (κ1) is 12.8. The lowest BCUT2D eigenvalue weighted by atomic mass is 9.99. The molecule has 5 nitrogen and oxygen atoms in total. The Morgan fingerprint density at radius 1 is 1.62 bits per heavy atom. The molecule has 1 unspecified atom stereocenters. The highest BCUT2D eigenvalue weighted by atomic mass is 79.9. The number of carbonyl (C=O) groups is 2. The van der Waals surface area contributed by atoms with Crippen molar-refractivity contribution in [3.63, 3.8) is 0 Å². The van der Waals surface area contributed by atoms with Gasteiger partial charge in [0.2, 0.25) is 5.76 Å². The summed E-state index contributed by atoms with van der Waals surface area (Å²) in [6.45, 7) is 3.13. The average Bonchev–Trinajstić information content (AvgIpc) is 2.64. The van der Waals surface area contributed by atoms with E-state index in [1.807, 2.05) is 0 Å². The lowest BCUT2D eigenvalue weighted by Crippen LogP contribution is -2.51. The van der Waals surface area contributed by atoms with Crippen LogP contribution in [0.15, 0.2) is 21.2 Å². The summed E-state index contributed by atoms with van der Waals surface area (Å²) in [5, 5.41) is 11.4. The van der Waals surface area contributed by atoms with E-state index in [4.69, 9.17) is 9.52 Å². The van der Waals surface area contributed by atoms with E-state index < -0.39 is 17.4 Å². The summed E-state index contributed by atoms with van der Waals surface area (Å²) in [6.07, 6.45) is 1.63. The molecule has 0 bridgehead atoms. The van der Waals surface area contributed by atoms with Gasteiger partial charge >= 0.3 is 5.97 Å². The zero-order valence-electron chi connectivity index (χ0n) is 8.91. The zero-order valence-corrected chi connectivity index (χ0v) is 10.5. The highest BCUT2D eigenvalue weighted by molar-refractivity contribution is 9.10. The number of carboxylic acids is 1. The van der Waals surface area contributed by atoms with E-state index in [1.165, 1.54) is 13.2 Å². The monoisotopic (exact) mass is 289 g/mol.